The third-order valence-electron chi connectivity index (χ3n) is 2.25. The molecule has 1 fully saturated rings. The number of carbonyl (C=O) groups excluding carboxylic acids is 1. The lowest BCUT2D eigenvalue weighted by Gasteiger charge is -2.24. The number of amides is 1. The van der Waals surface area contributed by atoms with Gasteiger partial charge in [0.25, 0.3) is 0 Å². The summed E-state index contributed by atoms with van der Waals surface area (Å²) in [7, 11) is 0. The van der Waals surface area contributed by atoms with Gasteiger partial charge >= 0.3 is 0 Å². The van der Waals surface area contributed by atoms with E-state index in [0.717, 1.165) is 19.4 Å². The van der Waals surface area contributed by atoms with Gasteiger partial charge in [-0.25, -0.2) is 0 Å². The molecule has 1 aliphatic heterocycles. The van der Waals surface area contributed by atoms with E-state index in [2.05, 4.69) is 5.32 Å². The monoisotopic (exact) mass is 200 g/mol. The van der Waals surface area contributed by atoms with Gasteiger partial charge in [0.1, 0.15) is 0 Å². The molecule has 0 aromatic carbocycles. The summed E-state index contributed by atoms with van der Waals surface area (Å²) in [6.07, 6.45) is 1.90. The fraction of sp³-hybridized carbons (Fsp3) is 0.900. The molecule has 1 saturated heterocycles. The predicted molar refractivity (Wildman–Crippen MR) is 54.8 cm³/mol. The Bertz CT molecular complexity index is 193. The quantitative estimate of drug-likeness (QED) is 0.687. The van der Waals surface area contributed by atoms with Crippen molar-refractivity contribution in [2.24, 2.45) is 11.7 Å². The molecule has 1 unspecified atom stereocenters. The maximum Gasteiger partial charge on any atom is 0.225 e. The molecule has 14 heavy (non-hydrogen) atoms. The summed E-state index contributed by atoms with van der Waals surface area (Å²) in [5, 5.41) is 2.85. The van der Waals surface area contributed by atoms with Gasteiger partial charge in [-0.2, -0.15) is 0 Å². The summed E-state index contributed by atoms with van der Waals surface area (Å²) in [6.45, 7) is 5.64. The van der Waals surface area contributed by atoms with Crippen LogP contribution in [-0.4, -0.2) is 31.2 Å². The molecule has 0 radical (unpaired) electrons. The zero-order valence-corrected chi connectivity index (χ0v) is 9.01. The van der Waals surface area contributed by atoms with Gasteiger partial charge in [0.15, 0.2) is 0 Å². The Hall–Kier alpha value is -0.610. The first-order chi connectivity index (χ1) is 6.49. The Morgan fingerprint density at radius 2 is 2.36 bits per heavy atom. The van der Waals surface area contributed by atoms with Gasteiger partial charge in [-0.1, -0.05) is 0 Å². The summed E-state index contributed by atoms with van der Waals surface area (Å²) in [5.41, 5.74) is 5.43. The van der Waals surface area contributed by atoms with Gasteiger partial charge in [0.2, 0.25) is 5.91 Å². The van der Waals surface area contributed by atoms with Crippen molar-refractivity contribution in [3.05, 3.63) is 0 Å². The van der Waals surface area contributed by atoms with Crippen molar-refractivity contribution in [2.75, 3.05) is 19.8 Å². The molecule has 4 heteroatoms. The molecule has 1 aliphatic rings. The molecule has 0 spiro atoms. The van der Waals surface area contributed by atoms with E-state index in [-0.39, 0.29) is 17.4 Å². The van der Waals surface area contributed by atoms with E-state index < -0.39 is 0 Å². The van der Waals surface area contributed by atoms with E-state index in [1.54, 1.807) is 0 Å². The van der Waals surface area contributed by atoms with Gasteiger partial charge < -0.3 is 15.8 Å². The van der Waals surface area contributed by atoms with Crippen LogP contribution in [0.5, 0.6) is 0 Å². The predicted octanol–water partition coefficient (Wildman–Crippen LogP) is 0.267. The lowest BCUT2D eigenvalue weighted by molar-refractivity contribution is -0.129. The third-order valence-corrected chi connectivity index (χ3v) is 2.25. The lowest BCUT2D eigenvalue weighted by Crippen LogP contribution is -2.47. The Morgan fingerprint density at radius 3 is 2.86 bits per heavy atom. The number of hydrogen-bond acceptors (Lipinski definition) is 3. The van der Waals surface area contributed by atoms with Gasteiger partial charge in [-0.3, -0.25) is 4.79 Å². The second-order valence-corrected chi connectivity index (χ2v) is 4.62. The second kappa shape index (κ2) is 4.75. The molecule has 1 atom stereocenters. The van der Waals surface area contributed by atoms with Crippen LogP contribution >= 0.6 is 0 Å². The molecule has 0 aliphatic carbocycles. The molecule has 0 bridgehead atoms. The van der Waals surface area contributed by atoms with E-state index in [1.807, 2.05) is 13.8 Å². The molecule has 82 valence electrons. The van der Waals surface area contributed by atoms with Gasteiger partial charge in [0.05, 0.1) is 12.5 Å². The van der Waals surface area contributed by atoms with Crippen molar-refractivity contribution in [1.29, 1.82) is 0 Å². The molecule has 0 aromatic heterocycles. The summed E-state index contributed by atoms with van der Waals surface area (Å²) in [5.74, 6) is 0.0920. The average molecular weight is 200 g/mol. The van der Waals surface area contributed by atoms with E-state index >= 15 is 0 Å². The van der Waals surface area contributed by atoms with Crippen LogP contribution in [0.2, 0.25) is 0 Å². The molecule has 1 rings (SSSR count). The molecule has 0 saturated carbocycles. The van der Waals surface area contributed by atoms with Crippen LogP contribution < -0.4 is 11.1 Å². The summed E-state index contributed by atoms with van der Waals surface area (Å²) in [6, 6.07) is 0. The van der Waals surface area contributed by atoms with Crippen molar-refractivity contribution in [3.8, 4) is 0 Å². The van der Waals surface area contributed by atoms with Crippen LogP contribution in [0.15, 0.2) is 0 Å². The number of nitrogens with one attached hydrogen (secondary N) is 1. The maximum absolute atomic E-state index is 11.6. The second-order valence-electron chi connectivity index (χ2n) is 4.62. The van der Waals surface area contributed by atoms with E-state index in [0.29, 0.717) is 13.2 Å². The number of rotatable bonds is 3. The largest absolute Gasteiger partial charge is 0.381 e. The zero-order valence-electron chi connectivity index (χ0n) is 9.01. The molecule has 3 N–H and O–H groups in total. The highest BCUT2D eigenvalue weighted by molar-refractivity contribution is 5.78. The van der Waals surface area contributed by atoms with Crippen molar-refractivity contribution < 1.29 is 9.53 Å². The first kappa shape index (κ1) is 11.5. The minimum absolute atomic E-state index is 0.0195. The van der Waals surface area contributed by atoms with Crippen LogP contribution in [0.3, 0.4) is 0 Å². The van der Waals surface area contributed by atoms with E-state index in [1.165, 1.54) is 0 Å². The first-order valence-electron chi connectivity index (χ1n) is 5.13. The number of ether oxygens (including phenoxy) is 1. The van der Waals surface area contributed by atoms with Crippen LogP contribution in [-0.2, 0) is 9.53 Å². The Labute approximate surface area is 85.2 Å². The Morgan fingerprint density at radius 1 is 1.64 bits per heavy atom. The molecular weight excluding hydrogens is 180 g/mol. The Kier molecular flexibility index (Phi) is 3.89. The average Bonchev–Trinajstić information content (AvgIpc) is 2.14. The van der Waals surface area contributed by atoms with Gasteiger partial charge in [-0.05, 0) is 26.7 Å². The fourth-order valence-electron chi connectivity index (χ4n) is 1.41. The van der Waals surface area contributed by atoms with Gasteiger partial charge in [-0.15, -0.1) is 0 Å². The minimum atomic E-state index is -0.342. The highest BCUT2D eigenvalue weighted by Crippen LogP contribution is 2.13. The standard InChI is InChI=1S/C10H20N2O2/c1-10(2,11)7-12-9(13)8-4-3-5-14-6-8/h8H,3-7,11H2,1-2H3,(H,12,13). The van der Waals surface area contributed by atoms with Crippen LogP contribution in [0.4, 0.5) is 0 Å². The Balaban J connectivity index is 2.27. The van der Waals surface area contributed by atoms with Crippen molar-refractivity contribution >= 4 is 5.91 Å². The molecule has 1 amide bonds. The summed E-state index contributed by atoms with van der Waals surface area (Å²) in [4.78, 5) is 11.6. The van der Waals surface area contributed by atoms with Crippen LogP contribution in [0.25, 0.3) is 0 Å². The normalized spacial score (nSPS) is 23.2. The number of hydrogen-bond donors (Lipinski definition) is 2. The summed E-state index contributed by atoms with van der Waals surface area (Å²) < 4.78 is 5.24. The van der Waals surface area contributed by atoms with E-state index in [9.17, 15) is 4.79 Å². The maximum atomic E-state index is 11.6. The van der Waals surface area contributed by atoms with Crippen molar-refractivity contribution in [3.63, 3.8) is 0 Å². The minimum Gasteiger partial charge on any atom is -0.381 e. The summed E-state index contributed by atoms with van der Waals surface area (Å²) >= 11 is 0. The smallest absolute Gasteiger partial charge is 0.225 e. The first-order valence-corrected chi connectivity index (χ1v) is 5.13. The number of carbonyl (C=O) groups is 1. The highest BCUT2D eigenvalue weighted by Gasteiger charge is 2.22. The highest BCUT2D eigenvalue weighted by atomic mass is 16.5. The van der Waals surface area contributed by atoms with Crippen molar-refractivity contribution in [1.82, 2.24) is 5.32 Å². The van der Waals surface area contributed by atoms with E-state index in [4.69, 9.17) is 10.5 Å². The molecule has 0 aromatic rings. The van der Waals surface area contributed by atoms with Crippen LogP contribution in [0, 0.1) is 5.92 Å². The fourth-order valence-corrected chi connectivity index (χ4v) is 1.41. The SMILES string of the molecule is CC(C)(N)CNC(=O)C1CCCOC1. The molecule has 1 heterocycles. The third kappa shape index (κ3) is 4.07. The lowest BCUT2D eigenvalue weighted by atomic mass is 10.0. The zero-order chi connectivity index (χ0) is 10.6. The topological polar surface area (TPSA) is 64.3 Å². The molecular formula is C10H20N2O2. The molecule has 4 nitrogen and oxygen atoms in total. The van der Waals surface area contributed by atoms with Crippen molar-refractivity contribution in [2.45, 2.75) is 32.2 Å². The number of nitrogens with two attached hydrogens (primary N) is 1. The van der Waals surface area contributed by atoms with Crippen LogP contribution in [0.1, 0.15) is 26.7 Å². The van der Waals surface area contributed by atoms with Gasteiger partial charge in [0, 0.05) is 18.7 Å².